The Labute approximate surface area is 143 Å². The summed E-state index contributed by atoms with van der Waals surface area (Å²) in [6.07, 6.45) is 1.61. The van der Waals surface area contributed by atoms with Gasteiger partial charge < -0.3 is 5.11 Å². The average molecular weight is 491 g/mol. The first-order chi connectivity index (χ1) is 9.52. The van der Waals surface area contributed by atoms with Gasteiger partial charge in [-0.25, -0.2) is 4.39 Å². The van der Waals surface area contributed by atoms with Crippen molar-refractivity contribution < 1.29 is 9.50 Å². The largest absolute Gasteiger partial charge is 0.506 e. The summed E-state index contributed by atoms with van der Waals surface area (Å²) < 4.78 is 15.1. The van der Waals surface area contributed by atoms with Crippen molar-refractivity contribution in [3.8, 4) is 11.8 Å². The highest BCUT2D eigenvalue weighted by molar-refractivity contribution is 14.1. The van der Waals surface area contributed by atoms with Crippen LogP contribution >= 0.6 is 45.2 Å². The molecule has 1 N–H and O–H groups in total. The van der Waals surface area contributed by atoms with Gasteiger partial charge in [-0.05, 0) is 75.0 Å². The molecule has 0 aliphatic heterocycles. The van der Waals surface area contributed by atoms with E-state index in [1.54, 1.807) is 36.4 Å². The first-order valence-electron chi connectivity index (χ1n) is 5.57. The summed E-state index contributed by atoms with van der Waals surface area (Å²) in [5, 5.41) is 18.9. The van der Waals surface area contributed by atoms with Crippen molar-refractivity contribution in [1.82, 2.24) is 0 Å². The van der Waals surface area contributed by atoms with Gasteiger partial charge in [0.2, 0.25) is 0 Å². The van der Waals surface area contributed by atoms with Crippen LogP contribution in [0.25, 0.3) is 11.6 Å². The quantitative estimate of drug-likeness (QED) is 0.373. The number of phenolic OH excluding ortho intramolecular Hbond substituents is 1. The average Bonchev–Trinajstić information content (AvgIpc) is 2.43. The first kappa shape index (κ1) is 15.3. The minimum Gasteiger partial charge on any atom is -0.506 e. The summed E-state index contributed by atoms with van der Waals surface area (Å²) >= 11 is 4.03. The van der Waals surface area contributed by atoms with Crippen LogP contribution in [0.1, 0.15) is 11.1 Å². The molecule has 20 heavy (non-hydrogen) atoms. The molecule has 0 aliphatic carbocycles. The van der Waals surface area contributed by atoms with E-state index in [0.717, 1.165) is 5.56 Å². The van der Waals surface area contributed by atoms with Gasteiger partial charge in [0.05, 0.1) is 18.8 Å². The highest BCUT2D eigenvalue weighted by atomic mass is 127. The lowest BCUT2D eigenvalue weighted by Gasteiger charge is -2.04. The first-order valence-corrected chi connectivity index (χ1v) is 7.73. The second-order valence-electron chi connectivity index (χ2n) is 3.98. The number of phenols is 1. The van der Waals surface area contributed by atoms with E-state index in [9.17, 15) is 14.8 Å². The van der Waals surface area contributed by atoms with Gasteiger partial charge in [-0.15, -0.1) is 0 Å². The van der Waals surface area contributed by atoms with E-state index < -0.39 is 5.82 Å². The Bertz CT molecular complexity index is 712. The maximum absolute atomic E-state index is 13.7. The number of hydrogen-bond donors (Lipinski definition) is 1. The number of nitrogens with zero attached hydrogens (tertiary/aromatic N) is 1. The molecule has 100 valence electrons. The molecule has 2 aromatic carbocycles. The Morgan fingerprint density at radius 1 is 1.20 bits per heavy atom. The standard InChI is InChI=1S/C15H8FI2NO/c16-12-4-2-1-3-11(12)10(8-19)5-9-6-13(17)15(20)14(18)7-9/h1-7,20H. The predicted molar refractivity (Wildman–Crippen MR) is 93.4 cm³/mol. The number of allylic oxidation sites excluding steroid dienone is 1. The third kappa shape index (κ3) is 3.30. The van der Waals surface area contributed by atoms with Crippen LogP contribution in [0.5, 0.6) is 5.75 Å². The Morgan fingerprint density at radius 2 is 1.80 bits per heavy atom. The van der Waals surface area contributed by atoms with Gasteiger partial charge in [-0.2, -0.15) is 5.26 Å². The second-order valence-corrected chi connectivity index (χ2v) is 6.31. The molecule has 0 amide bonds. The topological polar surface area (TPSA) is 44.0 Å². The van der Waals surface area contributed by atoms with Gasteiger partial charge in [0.25, 0.3) is 0 Å². The number of aromatic hydroxyl groups is 1. The molecule has 0 atom stereocenters. The molecule has 0 aromatic heterocycles. The van der Waals surface area contributed by atoms with Gasteiger partial charge in [-0.1, -0.05) is 18.2 Å². The van der Waals surface area contributed by atoms with Crippen LogP contribution in [0, 0.1) is 24.3 Å². The third-order valence-electron chi connectivity index (χ3n) is 2.63. The molecular formula is C15H8FI2NO. The monoisotopic (exact) mass is 491 g/mol. The van der Waals surface area contributed by atoms with Crippen molar-refractivity contribution in [2.75, 3.05) is 0 Å². The summed E-state index contributed by atoms with van der Waals surface area (Å²) in [5.41, 5.74) is 1.27. The molecule has 5 heteroatoms. The molecule has 0 aliphatic rings. The molecule has 2 nitrogen and oxygen atoms in total. The molecule has 0 spiro atoms. The van der Waals surface area contributed by atoms with E-state index in [1.165, 1.54) is 6.07 Å². The summed E-state index contributed by atoms with van der Waals surface area (Å²) in [6, 6.07) is 11.7. The Kier molecular flexibility index (Phi) is 4.99. The van der Waals surface area contributed by atoms with Crippen molar-refractivity contribution >= 4 is 56.8 Å². The van der Waals surface area contributed by atoms with Crippen LogP contribution in [0.4, 0.5) is 4.39 Å². The fraction of sp³-hybridized carbons (Fsp3) is 0. The van der Waals surface area contributed by atoms with E-state index in [2.05, 4.69) is 0 Å². The van der Waals surface area contributed by atoms with Crippen LogP contribution in [-0.2, 0) is 0 Å². The number of hydrogen-bond acceptors (Lipinski definition) is 2. The summed E-state index contributed by atoms with van der Waals surface area (Å²) in [4.78, 5) is 0. The smallest absolute Gasteiger partial charge is 0.142 e. The fourth-order valence-electron chi connectivity index (χ4n) is 1.69. The zero-order valence-electron chi connectivity index (χ0n) is 10.1. The number of halogens is 3. The van der Waals surface area contributed by atoms with Crippen molar-refractivity contribution in [2.24, 2.45) is 0 Å². The van der Waals surface area contributed by atoms with Gasteiger partial charge in [0.1, 0.15) is 11.6 Å². The van der Waals surface area contributed by atoms with Crippen LogP contribution in [-0.4, -0.2) is 5.11 Å². The van der Waals surface area contributed by atoms with Crippen molar-refractivity contribution in [2.45, 2.75) is 0 Å². The van der Waals surface area contributed by atoms with Crippen molar-refractivity contribution in [3.05, 3.63) is 60.5 Å². The number of nitriles is 1. The van der Waals surface area contributed by atoms with E-state index in [-0.39, 0.29) is 16.9 Å². The molecule has 2 rings (SSSR count). The van der Waals surface area contributed by atoms with Crippen molar-refractivity contribution in [3.63, 3.8) is 0 Å². The molecule has 0 bridgehead atoms. The minimum absolute atomic E-state index is 0.216. The molecule has 0 saturated heterocycles. The molecule has 2 aromatic rings. The highest BCUT2D eigenvalue weighted by Crippen LogP contribution is 2.29. The lowest BCUT2D eigenvalue weighted by Crippen LogP contribution is -1.88. The van der Waals surface area contributed by atoms with Gasteiger partial charge >= 0.3 is 0 Å². The van der Waals surface area contributed by atoms with Crippen molar-refractivity contribution in [1.29, 1.82) is 5.26 Å². The van der Waals surface area contributed by atoms with Crippen LogP contribution in [0.2, 0.25) is 0 Å². The molecule has 0 heterocycles. The normalized spacial score (nSPS) is 11.2. The predicted octanol–water partition coefficient (Wildman–Crippen LogP) is 4.80. The maximum atomic E-state index is 13.7. The zero-order chi connectivity index (χ0) is 14.7. The van der Waals surface area contributed by atoms with E-state index in [0.29, 0.717) is 7.14 Å². The lowest BCUT2D eigenvalue weighted by atomic mass is 10.0. The summed E-state index contributed by atoms with van der Waals surface area (Å²) in [5.74, 6) is -0.212. The fourth-order valence-corrected chi connectivity index (χ4v) is 3.50. The van der Waals surface area contributed by atoms with Crippen LogP contribution in [0.15, 0.2) is 36.4 Å². The van der Waals surface area contributed by atoms with Crippen LogP contribution < -0.4 is 0 Å². The molecule has 0 radical (unpaired) electrons. The Morgan fingerprint density at radius 3 is 2.35 bits per heavy atom. The van der Waals surface area contributed by atoms with E-state index in [4.69, 9.17) is 0 Å². The van der Waals surface area contributed by atoms with Gasteiger partial charge in [-0.3, -0.25) is 0 Å². The second kappa shape index (κ2) is 6.54. The summed E-state index contributed by atoms with van der Waals surface area (Å²) in [6.45, 7) is 0. The molecule has 0 fully saturated rings. The number of benzene rings is 2. The van der Waals surface area contributed by atoms with E-state index in [1.807, 2.05) is 51.3 Å². The number of rotatable bonds is 2. The zero-order valence-corrected chi connectivity index (χ0v) is 14.4. The van der Waals surface area contributed by atoms with Gasteiger partial charge in [0.15, 0.2) is 0 Å². The Hall–Kier alpha value is -1.14. The molecule has 0 saturated carbocycles. The molecular weight excluding hydrogens is 483 g/mol. The SMILES string of the molecule is N#CC(=Cc1cc(I)c(O)c(I)c1)c1ccccc1F. The highest BCUT2D eigenvalue weighted by Gasteiger charge is 2.09. The van der Waals surface area contributed by atoms with Crippen LogP contribution in [0.3, 0.4) is 0 Å². The summed E-state index contributed by atoms with van der Waals surface area (Å²) in [7, 11) is 0. The van der Waals surface area contributed by atoms with E-state index >= 15 is 0 Å². The minimum atomic E-state index is -0.427. The third-order valence-corrected chi connectivity index (χ3v) is 4.28. The Balaban J connectivity index is 2.53. The lowest BCUT2D eigenvalue weighted by molar-refractivity contribution is 0.467. The van der Waals surface area contributed by atoms with Gasteiger partial charge in [0, 0.05) is 5.56 Å². The molecule has 0 unspecified atom stereocenters. The maximum Gasteiger partial charge on any atom is 0.142 e.